The minimum absolute atomic E-state index is 0.0765. The predicted molar refractivity (Wildman–Crippen MR) is 109 cm³/mol. The predicted octanol–water partition coefficient (Wildman–Crippen LogP) is 1.78. The summed E-state index contributed by atoms with van der Waals surface area (Å²) in [5, 5.41) is 25.0. The van der Waals surface area contributed by atoms with Crippen LogP contribution in [0.5, 0.6) is 11.5 Å². The molecule has 30 heavy (non-hydrogen) atoms. The van der Waals surface area contributed by atoms with Crippen LogP contribution >= 0.6 is 0 Å². The summed E-state index contributed by atoms with van der Waals surface area (Å²) in [7, 11) is -2.58. The third-order valence-corrected chi connectivity index (χ3v) is 6.30. The van der Waals surface area contributed by atoms with Gasteiger partial charge in [0.15, 0.2) is 11.5 Å². The molecule has 2 N–H and O–H groups in total. The number of methoxy groups -OCH3 is 1. The number of anilines is 1. The van der Waals surface area contributed by atoms with Gasteiger partial charge in [0.2, 0.25) is 10.0 Å². The van der Waals surface area contributed by atoms with E-state index in [9.17, 15) is 23.6 Å². The first-order valence-corrected chi connectivity index (χ1v) is 10.3. The lowest BCUT2D eigenvalue weighted by Gasteiger charge is -2.26. The Morgan fingerprint density at radius 1 is 1.27 bits per heavy atom. The summed E-state index contributed by atoms with van der Waals surface area (Å²) in [5.74, 6) is 0.224. The quantitative estimate of drug-likeness (QED) is 0.380. The molecule has 0 atom stereocenters. The third kappa shape index (κ3) is 4.67. The maximum Gasteiger partial charge on any atom is 0.270 e. The number of nitrogens with one attached hydrogen (secondary N) is 1. The number of benzene rings is 2. The van der Waals surface area contributed by atoms with Gasteiger partial charge in [0.1, 0.15) is 4.90 Å². The Hall–Kier alpha value is -3.22. The van der Waals surface area contributed by atoms with Crippen molar-refractivity contribution < 1.29 is 27.9 Å². The minimum Gasteiger partial charge on any atom is -0.504 e. The van der Waals surface area contributed by atoms with Crippen molar-refractivity contribution in [3.05, 3.63) is 52.1 Å². The first-order chi connectivity index (χ1) is 14.3. The summed E-state index contributed by atoms with van der Waals surface area (Å²) >= 11 is 0. The number of non-ortho nitro benzene ring substituents is 1. The van der Waals surface area contributed by atoms with Gasteiger partial charge in [0.05, 0.1) is 37.1 Å². The van der Waals surface area contributed by atoms with Crippen LogP contribution in [-0.4, -0.2) is 62.4 Å². The van der Waals surface area contributed by atoms with Crippen LogP contribution in [0.3, 0.4) is 0 Å². The summed E-state index contributed by atoms with van der Waals surface area (Å²) in [6.45, 7) is 0.795. The van der Waals surface area contributed by atoms with Gasteiger partial charge in [-0.25, -0.2) is 8.42 Å². The molecule has 1 aliphatic rings. The molecule has 3 rings (SSSR count). The lowest BCUT2D eigenvalue weighted by Crippen LogP contribution is -2.40. The van der Waals surface area contributed by atoms with Gasteiger partial charge in [0.25, 0.3) is 5.69 Å². The number of hydrogen-bond acceptors (Lipinski definition) is 9. The molecule has 0 aliphatic carbocycles. The standard InChI is InChI=1S/C18H20N4O7S/c1-28-17-5-2-13(10-16(17)23)12-19-20-15-4-3-14(22(24)25)11-18(15)30(26,27)21-6-8-29-9-7-21/h2-5,10-12,20,23H,6-9H2,1H3/b19-12-. The summed E-state index contributed by atoms with van der Waals surface area (Å²) in [4.78, 5) is 10.2. The zero-order chi connectivity index (χ0) is 21.7. The number of phenolic OH excluding ortho intramolecular Hbond substituents is 1. The number of nitro benzene ring substituents is 1. The molecule has 11 nitrogen and oxygen atoms in total. The van der Waals surface area contributed by atoms with E-state index in [1.807, 2.05) is 0 Å². The monoisotopic (exact) mass is 436 g/mol. The zero-order valence-corrected chi connectivity index (χ0v) is 16.8. The Bertz CT molecular complexity index is 1070. The smallest absolute Gasteiger partial charge is 0.270 e. The fraction of sp³-hybridized carbons (Fsp3) is 0.278. The van der Waals surface area contributed by atoms with Crippen LogP contribution in [0, 0.1) is 10.1 Å². The molecule has 0 radical (unpaired) electrons. The number of nitro groups is 1. The highest BCUT2D eigenvalue weighted by Crippen LogP contribution is 2.30. The van der Waals surface area contributed by atoms with Crippen molar-refractivity contribution in [3.8, 4) is 11.5 Å². The highest BCUT2D eigenvalue weighted by Gasteiger charge is 2.30. The molecule has 1 heterocycles. The van der Waals surface area contributed by atoms with Gasteiger partial charge in [-0.3, -0.25) is 15.5 Å². The van der Waals surface area contributed by atoms with E-state index in [1.54, 1.807) is 12.1 Å². The molecule has 0 spiro atoms. The maximum atomic E-state index is 13.0. The van der Waals surface area contributed by atoms with Crippen LogP contribution in [-0.2, 0) is 14.8 Å². The molecule has 2 aromatic carbocycles. The van der Waals surface area contributed by atoms with Gasteiger partial charge in [0, 0.05) is 25.2 Å². The summed E-state index contributed by atoms with van der Waals surface area (Å²) in [5.41, 5.74) is 2.88. The molecule has 0 saturated carbocycles. The molecule has 2 aromatic rings. The van der Waals surface area contributed by atoms with Crippen molar-refractivity contribution in [2.24, 2.45) is 5.10 Å². The second kappa shape index (κ2) is 9.07. The zero-order valence-electron chi connectivity index (χ0n) is 16.0. The molecule has 0 aromatic heterocycles. The summed E-state index contributed by atoms with van der Waals surface area (Å²) in [6, 6.07) is 8.10. The van der Waals surface area contributed by atoms with E-state index >= 15 is 0 Å². The van der Waals surface area contributed by atoms with Crippen LogP contribution in [0.2, 0.25) is 0 Å². The van der Waals surface area contributed by atoms with Crippen molar-refractivity contribution in [2.45, 2.75) is 4.90 Å². The Morgan fingerprint density at radius 3 is 2.63 bits per heavy atom. The van der Waals surface area contributed by atoms with Crippen molar-refractivity contribution >= 4 is 27.6 Å². The SMILES string of the molecule is COc1ccc(/C=N\Nc2ccc([N+](=O)[O-])cc2S(=O)(=O)N2CCOCC2)cc1O. The third-order valence-electron chi connectivity index (χ3n) is 4.37. The van der Waals surface area contributed by atoms with Gasteiger partial charge < -0.3 is 14.6 Å². The van der Waals surface area contributed by atoms with Crippen molar-refractivity contribution in [2.75, 3.05) is 38.8 Å². The maximum absolute atomic E-state index is 13.0. The molecular formula is C18H20N4O7S. The Labute approximate surface area is 172 Å². The Kier molecular flexibility index (Phi) is 6.50. The van der Waals surface area contributed by atoms with E-state index in [4.69, 9.17) is 9.47 Å². The van der Waals surface area contributed by atoms with Crippen molar-refractivity contribution in [3.63, 3.8) is 0 Å². The first-order valence-electron chi connectivity index (χ1n) is 8.85. The average Bonchev–Trinajstić information content (AvgIpc) is 2.74. The number of sulfonamides is 1. The normalized spacial score (nSPS) is 15.2. The van der Waals surface area contributed by atoms with E-state index in [1.165, 1.54) is 35.8 Å². The number of ether oxygens (including phenoxy) is 2. The first kappa shape index (κ1) is 21.5. The lowest BCUT2D eigenvalue weighted by molar-refractivity contribution is -0.385. The van der Waals surface area contributed by atoms with E-state index in [2.05, 4.69) is 10.5 Å². The second-order valence-electron chi connectivity index (χ2n) is 6.26. The Balaban J connectivity index is 1.90. The van der Waals surface area contributed by atoms with Gasteiger partial charge in [-0.2, -0.15) is 9.41 Å². The van der Waals surface area contributed by atoms with Crippen molar-refractivity contribution in [1.82, 2.24) is 4.31 Å². The number of hydrazone groups is 1. The number of hydrogen-bond donors (Lipinski definition) is 2. The number of phenols is 1. The van der Waals surface area contributed by atoms with Gasteiger partial charge in [-0.05, 0) is 29.8 Å². The average molecular weight is 436 g/mol. The highest BCUT2D eigenvalue weighted by molar-refractivity contribution is 7.89. The molecule has 12 heteroatoms. The van der Waals surface area contributed by atoms with Crippen LogP contribution in [0.1, 0.15) is 5.56 Å². The van der Waals surface area contributed by atoms with Crippen molar-refractivity contribution in [1.29, 1.82) is 0 Å². The number of nitrogens with zero attached hydrogens (tertiary/aromatic N) is 3. The van der Waals surface area contributed by atoms with Gasteiger partial charge in [-0.15, -0.1) is 0 Å². The van der Waals surface area contributed by atoms with Crippen LogP contribution < -0.4 is 10.2 Å². The molecule has 1 saturated heterocycles. The van der Waals surface area contributed by atoms with E-state index in [0.29, 0.717) is 11.3 Å². The highest BCUT2D eigenvalue weighted by atomic mass is 32.2. The summed E-state index contributed by atoms with van der Waals surface area (Å²) in [6.07, 6.45) is 1.37. The molecule has 0 unspecified atom stereocenters. The fourth-order valence-corrected chi connectivity index (χ4v) is 4.39. The molecule has 1 aliphatic heterocycles. The molecular weight excluding hydrogens is 416 g/mol. The van der Waals surface area contributed by atoms with E-state index < -0.39 is 14.9 Å². The van der Waals surface area contributed by atoms with Crippen LogP contribution in [0.25, 0.3) is 0 Å². The molecule has 1 fully saturated rings. The second-order valence-corrected chi connectivity index (χ2v) is 8.16. The van der Waals surface area contributed by atoms with E-state index in [0.717, 1.165) is 6.07 Å². The van der Waals surface area contributed by atoms with Gasteiger partial charge >= 0.3 is 0 Å². The van der Waals surface area contributed by atoms with Crippen LogP contribution in [0.4, 0.5) is 11.4 Å². The lowest BCUT2D eigenvalue weighted by atomic mass is 10.2. The molecule has 0 amide bonds. The van der Waals surface area contributed by atoms with Crippen LogP contribution in [0.15, 0.2) is 46.4 Å². The molecule has 0 bridgehead atoms. The van der Waals surface area contributed by atoms with Gasteiger partial charge in [-0.1, -0.05) is 0 Å². The number of morpholine rings is 1. The fourth-order valence-electron chi connectivity index (χ4n) is 2.82. The van der Waals surface area contributed by atoms with E-state index in [-0.39, 0.29) is 48.3 Å². The number of aromatic hydroxyl groups is 1. The topological polar surface area (TPSA) is 144 Å². The summed E-state index contributed by atoms with van der Waals surface area (Å²) < 4.78 is 37.4. The minimum atomic E-state index is -4.00. The largest absolute Gasteiger partial charge is 0.504 e. The molecule has 160 valence electrons. The Morgan fingerprint density at radius 2 is 2.00 bits per heavy atom. The number of rotatable bonds is 7.